The first-order chi connectivity index (χ1) is 22.8. The van der Waals surface area contributed by atoms with Crippen LogP contribution in [0.5, 0.6) is 0 Å². The van der Waals surface area contributed by atoms with Crippen LogP contribution in [-0.2, 0) is 11.0 Å². The zero-order chi connectivity index (χ0) is 32.5. The standard InChI is InChI=1S/C37H47N7O2S/c1-25-21-28(27-12-16-38-17-13-27)8-11-33(25)34-22-30-23-39-37(40-31-9-6-26(7-10-31)29-5-4-18-42(2)24-29)41-35(30)44(36(34)45)32-14-19-43(20-15-32)47(3)46/h6-11,21-23,27,29,32,38H,4-5,12-20,24H2,1-3H3,(H,39,40,41). The second-order valence-corrected chi connectivity index (χ2v) is 15.1. The molecule has 0 saturated carbocycles. The monoisotopic (exact) mass is 653 g/mol. The Bertz CT molecular complexity index is 1810. The van der Waals surface area contributed by atoms with Gasteiger partial charge in [0.05, 0.1) is 11.0 Å². The molecule has 0 spiro atoms. The number of hydrogen-bond acceptors (Lipinski definition) is 7. The number of nitrogens with zero attached hydrogens (tertiary/aromatic N) is 5. The fourth-order valence-corrected chi connectivity index (χ4v) is 8.60. The van der Waals surface area contributed by atoms with Gasteiger partial charge in [0.25, 0.3) is 5.56 Å². The predicted octanol–water partition coefficient (Wildman–Crippen LogP) is 5.72. The molecule has 0 aliphatic carbocycles. The van der Waals surface area contributed by atoms with E-state index in [1.165, 1.54) is 30.5 Å². The number of aromatic nitrogens is 3. The highest BCUT2D eigenvalue weighted by molar-refractivity contribution is 7.81. The highest BCUT2D eigenvalue weighted by Gasteiger charge is 2.27. The van der Waals surface area contributed by atoms with Crippen LogP contribution in [0, 0.1) is 6.92 Å². The molecule has 9 nitrogen and oxygen atoms in total. The van der Waals surface area contributed by atoms with E-state index in [2.05, 4.69) is 72.0 Å². The third-order valence-electron chi connectivity index (χ3n) is 10.5. The normalized spacial score (nSPS) is 21.2. The average molecular weight is 654 g/mol. The third kappa shape index (κ3) is 6.92. The molecule has 7 rings (SSSR count). The number of rotatable bonds is 7. The molecule has 0 amide bonds. The van der Waals surface area contributed by atoms with Crippen LogP contribution >= 0.6 is 0 Å². The molecule has 5 heterocycles. The fourth-order valence-electron chi connectivity index (χ4n) is 7.87. The van der Waals surface area contributed by atoms with Crippen LogP contribution in [0.1, 0.15) is 73.1 Å². The van der Waals surface area contributed by atoms with Gasteiger partial charge in [0.1, 0.15) is 5.65 Å². The molecule has 0 radical (unpaired) electrons. The Hall–Kier alpha value is -3.44. The van der Waals surface area contributed by atoms with Gasteiger partial charge < -0.3 is 15.5 Å². The fraction of sp³-hybridized carbons (Fsp3) is 0.486. The summed E-state index contributed by atoms with van der Waals surface area (Å²) in [6.45, 7) is 7.82. The van der Waals surface area contributed by atoms with Crippen molar-refractivity contribution < 1.29 is 4.21 Å². The number of anilines is 2. The summed E-state index contributed by atoms with van der Waals surface area (Å²) >= 11 is 0. The van der Waals surface area contributed by atoms with Crippen molar-refractivity contribution in [2.24, 2.45) is 0 Å². The maximum absolute atomic E-state index is 14.5. The van der Waals surface area contributed by atoms with E-state index in [0.29, 0.717) is 42.1 Å². The second kappa shape index (κ2) is 14.0. The SMILES string of the molecule is Cc1cc(C2CCNCC2)ccc1-c1cc2cnc(Nc3ccc(C4CCCN(C)C4)cc3)nc2n(C2CCN(S(C)=O)CC2)c1=O. The Kier molecular flexibility index (Phi) is 9.54. The van der Waals surface area contributed by atoms with E-state index >= 15 is 0 Å². The summed E-state index contributed by atoms with van der Waals surface area (Å²) in [5.74, 6) is 1.58. The molecular weight excluding hydrogens is 607 g/mol. The van der Waals surface area contributed by atoms with Crippen LogP contribution in [0.25, 0.3) is 22.2 Å². The van der Waals surface area contributed by atoms with Crippen molar-refractivity contribution in [2.45, 2.75) is 63.3 Å². The molecule has 3 fully saturated rings. The molecule has 47 heavy (non-hydrogen) atoms. The number of likely N-dealkylation sites (tertiary alicyclic amines) is 1. The lowest BCUT2D eigenvalue weighted by molar-refractivity contribution is 0.251. The topological polar surface area (TPSA) is 95.4 Å². The Labute approximate surface area is 280 Å². The first-order valence-corrected chi connectivity index (χ1v) is 18.7. The summed E-state index contributed by atoms with van der Waals surface area (Å²) in [4.78, 5) is 26.6. The molecule has 2 N–H and O–H groups in total. The van der Waals surface area contributed by atoms with E-state index in [-0.39, 0.29) is 11.6 Å². The quantitative estimate of drug-likeness (QED) is 0.264. The van der Waals surface area contributed by atoms with E-state index in [4.69, 9.17) is 9.97 Å². The van der Waals surface area contributed by atoms with Crippen LogP contribution in [0.15, 0.2) is 59.5 Å². The highest BCUT2D eigenvalue weighted by atomic mass is 32.2. The molecule has 2 aromatic carbocycles. The van der Waals surface area contributed by atoms with Crippen LogP contribution in [0.3, 0.4) is 0 Å². The smallest absolute Gasteiger partial charge is 0.260 e. The number of piperidine rings is 3. The molecule has 0 bridgehead atoms. The summed E-state index contributed by atoms with van der Waals surface area (Å²) < 4.78 is 16.1. The maximum Gasteiger partial charge on any atom is 0.260 e. The van der Waals surface area contributed by atoms with Gasteiger partial charge in [-0.2, -0.15) is 4.98 Å². The van der Waals surface area contributed by atoms with Crippen molar-refractivity contribution >= 4 is 33.7 Å². The highest BCUT2D eigenvalue weighted by Crippen LogP contribution is 2.33. The van der Waals surface area contributed by atoms with Gasteiger partial charge in [-0.15, -0.1) is 0 Å². The Morgan fingerprint density at radius 2 is 1.64 bits per heavy atom. The number of aryl methyl sites for hydroxylation is 1. The molecule has 4 aromatic rings. The largest absolute Gasteiger partial charge is 0.324 e. The molecule has 3 aliphatic rings. The summed E-state index contributed by atoms with van der Waals surface area (Å²) in [5.41, 5.74) is 7.00. The number of nitrogens with one attached hydrogen (secondary N) is 2. The van der Waals surface area contributed by atoms with Crippen molar-refractivity contribution in [3.63, 3.8) is 0 Å². The summed E-state index contributed by atoms with van der Waals surface area (Å²) in [7, 11) is 1.17. The zero-order valence-corrected chi connectivity index (χ0v) is 28.7. The zero-order valence-electron chi connectivity index (χ0n) is 27.9. The van der Waals surface area contributed by atoms with Crippen molar-refractivity contribution in [3.05, 3.63) is 81.8 Å². The van der Waals surface area contributed by atoms with Crippen molar-refractivity contribution in [3.8, 4) is 11.1 Å². The summed E-state index contributed by atoms with van der Waals surface area (Å²) in [6.07, 6.45) is 9.76. The van der Waals surface area contributed by atoms with E-state index in [9.17, 15) is 9.00 Å². The van der Waals surface area contributed by atoms with Crippen LogP contribution in [0.2, 0.25) is 0 Å². The van der Waals surface area contributed by atoms with Crippen LogP contribution < -0.4 is 16.2 Å². The molecule has 2 aromatic heterocycles. The van der Waals surface area contributed by atoms with Gasteiger partial charge >= 0.3 is 0 Å². The first-order valence-electron chi connectivity index (χ1n) is 17.2. The molecule has 10 heteroatoms. The Balaban J connectivity index is 1.23. The van der Waals surface area contributed by atoms with Gasteiger partial charge in [-0.3, -0.25) is 9.36 Å². The first kappa shape index (κ1) is 32.1. The van der Waals surface area contributed by atoms with E-state index < -0.39 is 11.0 Å². The minimum absolute atomic E-state index is 0.0299. The van der Waals surface area contributed by atoms with Gasteiger partial charge in [0.15, 0.2) is 0 Å². The predicted molar refractivity (Wildman–Crippen MR) is 192 cm³/mol. The average Bonchev–Trinajstić information content (AvgIpc) is 3.09. The van der Waals surface area contributed by atoms with Gasteiger partial charge in [-0.05, 0) is 124 Å². The minimum atomic E-state index is -1.03. The molecule has 3 saturated heterocycles. The second-order valence-electron chi connectivity index (χ2n) is 13.7. The number of likely N-dealkylation sites (N-methyl/N-ethyl adjacent to an activating group) is 1. The lowest BCUT2D eigenvalue weighted by Crippen LogP contribution is -2.38. The number of hydrogen-bond donors (Lipinski definition) is 2. The lowest BCUT2D eigenvalue weighted by atomic mass is 9.87. The Morgan fingerprint density at radius 3 is 2.34 bits per heavy atom. The van der Waals surface area contributed by atoms with Gasteiger partial charge in [0.2, 0.25) is 5.95 Å². The number of pyridine rings is 1. The summed E-state index contributed by atoms with van der Waals surface area (Å²) in [6, 6.07) is 17.2. The summed E-state index contributed by atoms with van der Waals surface area (Å²) in [5, 5.41) is 7.69. The Morgan fingerprint density at radius 1 is 0.894 bits per heavy atom. The van der Waals surface area contributed by atoms with Gasteiger partial charge in [-0.25, -0.2) is 13.5 Å². The van der Waals surface area contributed by atoms with E-state index in [0.717, 1.165) is 67.5 Å². The number of fused-ring (bicyclic) bond motifs is 1. The number of benzene rings is 2. The van der Waals surface area contributed by atoms with Crippen LogP contribution in [0.4, 0.5) is 11.6 Å². The third-order valence-corrected chi connectivity index (χ3v) is 11.6. The van der Waals surface area contributed by atoms with Crippen molar-refractivity contribution in [1.29, 1.82) is 0 Å². The lowest BCUT2D eigenvalue weighted by Gasteiger charge is -2.31. The van der Waals surface area contributed by atoms with Crippen molar-refractivity contribution in [1.82, 2.24) is 29.1 Å². The van der Waals surface area contributed by atoms with Crippen molar-refractivity contribution in [2.75, 3.05) is 57.9 Å². The maximum atomic E-state index is 14.5. The van der Waals surface area contributed by atoms with E-state index in [1.807, 2.05) is 21.1 Å². The molecule has 248 valence electrons. The minimum Gasteiger partial charge on any atom is -0.324 e. The van der Waals surface area contributed by atoms with E-state index in [1.54, 1.807) is 6.26 Å². The molecular formula is C37H47N7O2S. The van der Waals surface area contributed by atoms with Gasteiger partial charge in [0, 0.05) is 54.8 Å². The van der Waals surface area contributed by atoms with Crippen LogP contribution in [-0.4, -0.2) is 80.5 Å². The molecule has 2 unspecified atom stereocenters. The molecule has 2 atom stereocenters. The molecule has 3 aliphatic heterocycles. The van der Waals surface area contributed by atoms with Gasteiger partial charge in [-0.1, -0.05) is 30.3 Å².